The summed E-state index contributed by atoms with van der Waals surface area (Å²) in [5, 5.41) is 6.53. The average Bonchev–Trinajstić information content (AvgIpc) is 3.14. The number of nitrogens with zero attached hydrogens (tertiary/aromatic N) is 1. The summed E-state index contributed by atoms with van der Waals surface area (Å²) in [4.78, 5) is 31.3. The lowest BCUT2D eigenvalue weighted by Gasteiger charge is -2.21. The van der Waals surface area contributed by atoms with Gasteiger partial charge < -0.3 is 5.32 Å². The van der Waals surface area contributed by atoms with Crippen LogP contribution in [0.4, 0.5) is 10.8 Å². The molecular formula is C24H25N3O2S. The number of carbonyl (C=O) groups excluding carboxylic acids is 2. The number of nitrogens with one attached hydrogen (secondary N) is 2. The fourth-order valence-corrected chi connectivity index (χ4v) is 4.77. The van der Waals surface area contributed by atoms with Crippen LogP contribution < -0.4 is 10.6 Å². The van der Waals surface area contributed by atoms with Crippen molar-refractivity contribution in [3.63, 3.8) is 0 Å². The maximum Gasteiger partial charge on any atom is 0.257 e. The largest absolute Gasteiger partial charge is 0.325 e. The van der Waals surface area contributed by atoms with Crippen molar-refractivity contribution in [2.45, 2.75) is 46.0 Å². The fraction of sp³-hybridized carbons (Fsp3) is 0.292. The minimum absolute atomic E-state index is 0.0358. The number of aromatic nitrogens is 1. The van der Waals surface area contributed by atoms with E-state index in [1.165, 1.54) is 11.3 Å². The topological polar surface area (TPSA) is 71.1 Å². The van der Waals surface area contributed by atoms with Crippen LogP contribution in [0.25, 0.3) is 0 Å². The third-order valence-corrected chi connectivity index (χ3v) is 6.71. The second-order valence-corrected chi connectivity index (χ2v) is 8.91. The lowest BCUT2D eigenvalue weighted by molar-refractivity contribution is -0.117. The van der Waals surface area contributed by atoms with Crippen LogP contribution in [0.15, 0.2) is 42.5 Å². The van der Waals surface area contributed by atoms with Gasteiger partial charge in [0.25, 0.3) is 5.91 Å². The van der Waals surface area contributed by atoms with Crippen LogP contribution in [0.5, 0.6) is 0 Å². The molecule has 0 saturated carbocycles. The first kappa shape index (κ1) is 20.3. The molecule has 4 rings (SSSR count). The standard InChI is InChI=1S/C24H25N3O2S/c1-14-10-12-17(13-11-14)22(28)27-24-26-21-18(7-5-9-20(21)30-24)23(29)25-19-8-4-6-15(2)16(19)3/h4,6,8,10-13,18H,5,7,9H2,1-3H3,(H,25,29)(H,26,27,28). The van der Waals surface area contributed by atoms with Gasteiger partial charge in [0, 0.05) is 16.1 Å². The summed E-state index contributed by atoms with van der Waals surface area (Å²) in [5.41, 5.74) is 5.56. The minimum Gasteiger partial charge on any atom is -0.325 e. The summed E-state index contributed by atoms with van der Waals surface area (Å²) >= 11 is 1.47. The van der Waals surface area contributed by atoms with Crippen molar-refractivity contribution in [1.82, 2.24) is 4.98 Å². The number of thiazole rings is 1. The van der Waals surface area contributed by atoms with Gasteiger partial charge in [0.2, 0.25) is 5.91 Å². The summed E-state index contributed by atoms with van der Waals surface area (Å²) in [6.45, 7) is 6.03. The van der Waals surface area contributed by atoms with Gasteiger partial charge in [0.1, 0.15) is 0 Å². The van der Waals surface area contributed by atoms with Crippen LogP contribution in [0.3, 0.4) is 0 Å². The summed E-state index contributed by atoms with van der Waals surface area (Å²) < 4.78 is 0. The number of carbonyl (C=O) groups is 2. The van der Waals surface area contributed by atoms with Crippen molar-refractivity contribution >= 4 is 34.0 Å². The Kier molecular flexibility index (Phi) is 5.68. The Bertz CT molecular complexity index is 1100. The van der Waals surface area contributed by atoms with Gasteiger partial charge in [-0.2, -0.15) is 0 Å². The van der Waals surface area contributed by atoms with Gasteiger partial charge in [-0.3, -0.25) is 14.9 Å². The van der Waals surface area contributed by atoms with Crippen LogP contribution >= 0.6 is 11.3 Å². The molecule has 1 aliphatic carbocycles. The van der Waals surface area contributed by atoms with E-state index >= 15 is 0 Å². The number of benzene rings is 2. The highest BCUT2D eigenvalue weighted by Crippen LogP contribution is 2.37. The molecule has 0 radical (unpaired) electrons. The third-order valence-electron chi connectivity index (χ3n) is 5.67. The fourth-order valence-electron chi connectivity index (χ4n) is 3.71. The Morgan fingerprint density at radius 2 is 1.80 bits per heavy atom. The molecule has 1 aliphatic rings. The zero-order chi connectivity index (χ0) is 21.3. The van der Waals surface area contributed by atoms with E-state index in [-0.39, 0.29) is 17.7 Å². The lowest BCUT2D eigenvalue weighted by Crippen LogP contribution is -2.25. The van der Waals surface area contributed by atoms with Crippen LogP contribution in [0.2, 0.25) is 0 Å². The van der Waals surface area contributed by atoms with Crippen LogP contribution in [0.1, 0.15) is 56.4 Å². The molecule has 2 N–H and O–H groups in total. The predicted octanol–water partition coefficient (Wildman–Crippen LogP) is 5.38. The van der Waals surface area contributed by atoms with E-state index < -0.39 is 0 Å². The quantitative estimate of drug-likeness (QED) is 0.596. The van der Waals surface area contributed by atoms with Gasteiger partial charge in [0.05, 0.1) is 11.6 Å². The summed E-state index contributed by atoms with van der Waals surface area (Å²) in [7, 11) is 0. The smallest absolute Gasteiger partial charge is 0.257 e. The third kappa shape index (κ3) is 4.14. The van der Waals surface area contributed by atoms with E-state index in [4.69, 9.17) is 0 Å². The first-order chi connectivity index (χ1) is 14.4. The molecule has 1 atom stereocenters. The van der Waals surface area contributed by atoms with Gasteiger partial charge in [0.15, 0.2) is 5.13 Å². The molecule has 30 heavy (non-hydrogen) atoms. The van der Waals surface area contributed by atoms with Gasteiger partial charge in [-0.25, -0.2) is 4.98 Å². The Labute approximate surface area is 180 Å². The highest BCUT2D eigenvalue weighted by Gasteiger charge is 2.31. The molecule has 2 amide bonds. The number of hydrogen-bond acceptors (Lipinski definition) is 4. The summed E-state index contributed by atoms with van der Waals surface area (Å²) in [6.07, 6.45) is 2.59. The zero-order valence-electron chi connectivity index (χ0n) is 17.4. The maximum atomic E-state index is 13.0. The van der Waals surface area contributed by atoms with Gasteiger partial charge in [-0.1, -0.05) is 29.8 Å². The molecule has 0 bridgehead atoms. The molecule has 1 aromatic heterocycles. The lowest BCUT2D eigenvalue weighted by atomic mass is 9.90. The van der Waals surface area contributed by atoms with E-state index in [1.807, 2.05) is 51.1 Å². The molecule has 0 saturated heterocycles. The first-order valence-electron chi connectivity index (χ1n) is 10.2. The maximum absolute atomic E-state index is 13.0. The molecule has 5 nitrogen and oxygen atoms in total. The summed E-state index contributed by atoms with van der Waals surface area (Å²) in [5.74, 6) is -0.515. The second-order valence-electron chi connectivity index (χ2n) is 7.83. The average molecular weight is 420 g/mol. The monoisotopic (exact) mass is 419 g/mol. The molecule has 2 aromatic carbocycles. The highest BCUT2D eigenvalue weighted by atomic mass is 32.1. The molecule has 6 heteroatoms. The molecule has 0 fully saturated rings. The van der Waals surface area contributed by atoms with Gasteiger partial charge in [-0.05, 0) is 69.4 Å². The summed E-state index contributed by atoms with van der Waals surface area (Å²) in [6, 6.07) is 13.3. The SMILES string of the molecule is Cc1ccc(C(=O)Nc2nc3c(s2)CCCC3C(=O)Nc2cccc(C)c2C)cc1. The first-order valence-corrected chi connectivity index (χ1v) is 11.0. The van der Waals surface area contributed by atoms with Crippen molar-refractivity contribution in [1.29, 1.82) is 0 Å². The molecule has 0 spiro atoms. The molecule has 1 heterocycles. The molecule has 0 aliphatic heterocycles. The predicted molar refractivity (Wildman–Crippen MR) is 121 cm³/mol. The molecule has 1 unspecified atom stereocenters. The van der Waals surface area contributed by atoms with Crippen LogP contribution in [-0.4, -0.2) is 16.8 Å². The Hall–Kier alpha value is -2.99. The van der Waals surface area contributed by atoms with Crippen molar-refractivity contribution in [2.24, 2.45) is 0 Å². The number of aryl methyl sites for hydroxylation is 3. The van der Waals surface area contributed by atoms with Gasteiger partial charge in [-0.15, -0.1) is 11.3 Å². The Balaban J connectivity index is 1.52. The number of rotatable bonds is 4. The van der Waals surface area contributed by atoms with E-state index in [0.717, 1.165) is 52.2 Å². The number of amides is 2. The van der Waals surface area contributed by atoms with Gasteiger partial charge >= 0.3 is 0 Å². The van der Waals surface area contributed by atoms with Crippen LogP contribution in [-0.2, 0) is 11.2 Å². The van der Waals surface area contributed by atoms with E-state index in [1.54, 1.807) is 12.1 Å². The second kappa shape index (κ2) is 8.40. The molecule has 3 aromatic rings. The van der Waals surface area contributed by atoms with Crippen molar-refractivity contribution in [3.8, 4) is 0 Å². The van der Waals surface area contributed by atoms with E-state index in [0.29, 0.717) is 10.7 Å². The zero-order valence-corrected chi connectivity index (χ0v) is 18.2. The highest BCUT2D eigenvalue weighted by molar-refractivity contribution is 7.16. The van der Waals surface area contributed by atoms with Crippen molar-refractivity contribution in [2.75, 3.05) is 10.6 Å². The molecule has 154 valence electrons. The Morgan fingerprint density at radius 1 is 1.03 bits per heavy atom. The minimum atomic E-state index is -0.296. The number of anilines is 2. The van der Waals surface area contributed by atoms with Crippen molar-refractivity contribution in [3.05, 3.63) is 75.3 Å². The molecular weight excluding hydrogens is 394 g/mol. The van der Waals surface area contributed by atoms with Crippen LogP contribution in [0, 0.1) is 20.8 Å². The van der Waals surface area contributed by atoms with E-state index in [9.17, 15) is 9.59 Å². The van der Waals surface area contributed by atoms with Crippen molar-refractivity contribution < 1.29 is 9.59 Å². The normalized spacial score (nSPS) is 15.4. The number of hydrogen-bond donors (Lipinski definition) is 2. The van der Waals surface area contributed by atoms with E-state index in [2.05, 4.69) is 15.6 Å². The Morgan fingerprint density at radius 3 is 2.57 bits per heavy atom. The number of fused-ring (bicyclic) bond motifs is 1.